The van der Waals surface area contributed by atoms with Gasteiger partial charge in [0.05, 0.1) is 19.1 Å². The monoisotopic (exact) mass is 253 g/mol. The molecule has 102 valence electrons. The second-order valence-corrected chi connectivity index (χ2v) is 4.50. The second kappa shape index (κ2) is 7.87. The average molecular weight is 253 g/mol. The van der Waals surface area contributed by atoms with Crippen molar-refractivity contribution in [1.29, 1.82) is 0 Å². The van der Waals surface area contributed by atoms with Gasteiger partial charge in [-0.3, -0.25) is 4.79 Å². The van der Waals surface area contributed by atoms with Gasteiger partial charge < -0.3 is 14.2 Å². The second-order valence-electron chi connectivity index (χ2n) is 4.50. The molecule has 0 atom stereocenters. The molecule has 0 aromatic carbocycles. The smallest absolute Gasteiger partial charge is 0.305 e. The van der Waals surface area contributed by atoms with Crippen LogP contribution in [0.4, 0.5) is 0 Å². The summed E-state index contributed by atoms with van der Waals surface area (Å²) < 4.78 is 6.79. The van der Waals surface area contributed by atoms with E-state index in [1.807, 2.05) is 12.5 Å². The van der Waals surface area contributed by atoms with Crippen LogP contribution in [0.1, 0.15) is 31.9 Å². The Morgan fingerprint density at radius 2 is 2.33 bits per heavy atom. The Labute approximate surface area is 109 Å². The molecule has 1 rings (SSSR count). The molecule has 0 radical (unpaired) electrons. The summed E-state index contributed by atoms with van der Waals surface area (Å²) in [6.07, 6.45) is 6.20. The molecule has 0 saturated heterocycles. The minimum absolute atomic E-state index is 0.139. The van der Waals surface area contributed by atoms with Crippen LogP contribution in [0.2, 0.25) is 0 Å². The largest absolute Gasteiger partial charge is 0.469 e. The highest BCUT2D eigenvalue weighted by atomic mass is 16.5. The van der Waals surface area contributed by atoms with Crippen LogP contribution in [0.3, 0.4) is 0 Å². The number of esters is 1. The van der Waals surface area contributed by atoms with E-state index in [1.165, 1.54) is 12.8 Å². The van der Waals surface area contributed by atoms with E-state index < -0.39 is 0 Å². The molecule has 0 unspecified atom stereocenters. The summed E-state index contributed by atoms with van der Waals surface area (Å²) in [6, 6.07) is 0. The molecule has 0 amide bonds. The molecule has 0 fully saturated rings. The zero-order chi connectivity index (χ0) is 13.4. The van der Waals surface area contributed by atoms with Crippen molar-refractivity contribution in [3.8, 4) is 0 Å². The van der Waals surface area contributed by atoms with Gasteiger partial charge in [-0.25, -0.2) is 4.98 Å². The number of imidazole rings is 1. The zero-order valence-corrected chi connectivity index (χ0v) is 11.6. The first kappa shape index (κ1) is 14.7. The zero-order valence-electron chi connectivity index (χ0n) is 11.6. The number of rotatable bonds is 8. The van der Waals surface area contributed by atoms with E-state index in [1.54, 1.807) is 0 Å². The molecule has 0 N–H and O–H groups in total. The van der Waals surface area contributed by atoms with Gasteiger partial charge in [-0.05, 0) is 26.4 Å². The highest BCUT2D eigenvalue weighted by Crippen LogP contribution is 2.05. The fraction of sp³-hybridized carbons (Fsp3) is 0.692. The number of nitrogens with zero attached hydrogens (tertiary/aromatic N) is 3. The molecule has 0 aliphatic carbocycles. The van der Waals surface area contributed by atoms with Gasteiger partial charge in [0.25, 0.3) is 0 Å². The molecule has 5 nitrogen and oxygen atoms in total. The first-order valence-electron chi connectivity index (χ1n) is 6.41. The average Bonchev–Trinajstić information content (AvgIpc) is 2.77. The van der Waals surface area contributed by atoms with Crippen molar-refractivity contribution in [2.45, 2.75) is 39.3 Å². The predicted octanol–water partition coefficient (Wildman–Crippen LogP) is 1.68. The molecular weight excluding hydrogens is 230 g/mol. The van der Waals surface area contributed by atoms with Crippen LogP contribution in [-0.4, -0.2) is 41.1 Å². The van der Waals surface area contributed by atoms with Crippen LogP contribution < -0.4 is 0 Å². The fourth-order valence-electron chi connectivity index (χ4n) is 1.87. The minimum Gasteiger partial charge on any atom is -0.469 e. The number of aryl methyl sites for hydroxylation is 1. The lowest BCUT2D eigenvalue weighted by Gasteiger charge is -2.17. The van der Waals surface area contributed by atoms with Crippen LogP contribution in [0, 0.1) is 0 Å². The Morgan fingerprint density at radius 1 is 1.56 bits per heavy atom. The Balaban J connectivity index is 2.32. The van der Waals surface area contributed by atoms with Crippen molar-refractivity contribution in [3.63, 3.8) is 0 Å². The standard InChI is InChI=1S/C13H23N3O2/c1-4-7-16-11-14-9-12(16)10-15(2)8-5-6-13(17)18-3/h9,11H,4-8,10H2,1-3H3. The van der Waals surface area contributed by atoms with Gasteiger partial charge in [-0.15, -0.1) is 0 Å². The molecule has 5 heteroatoms. The maximum absolute atomic E-state index is 11.0. The van der Waals surface area contributed by atoms with Gasteiger partial charge in [0.1, 0.15) is 0 Å². The molecule has 0 aliphatic heterocycles. The van der Waals surface area contributed by atoms with Gasteiger partial charge in [0, 0.05) is 25.7 Å². The number of carbonyl (C=O) groups excluding carboxylic acids is 1. The first-order valence-corrected chi connectivity index (χ1v) is 6.41. The molecule has 1 aromatic rings. The molecule has 0 saturated carbocycles. The first-order chi connectivity index (χ1) is 8.67. The van der Waals surface area contributed by atoms with Gasteiger partial charge in [0.15, 0.2) is 0 Å². The number of hydrogen-bond donors (Lipinski definition) is 0. The number of methoxy groups -OCH3 is 1. The SMILES string of the molecule is CCCn1cncc1CN(C)CCCC(=O)OC. The van der Waals surface area contributed by atoms with Crippen molar-refractivity contribution in [2.24, 2.45) is 0 Å². The summed E-state index contributed by atoms with van der Waals surface area (Å²) >= 11 is 0. The van der Waals surface area contributed by atoms with E-state index in [9.17, 15) is 4.79 Å². The van der Waals surface area contributed by atoms with Crippen LogP contribution in [-0.2, 0) is 22.6 Å². The quantitative estimate of drug-likeness (QED) is 0.661. The summed E-state index contributed by atoms with van der Waals surface area (Å²) in [5.41, 5.74) is 1.22. The van der Waals surface area contributed by atoms with Crippen LogP contribution in [0.15, 0.2) is 12.5 Å². The Kier molecular flexibility index (Phi) is 6.43. The maximum atomic E-state index is 11.0. The van der Waals surface area contributed by atoms with E-state index in [2.05, 4.69) is 33.2 Å². The van der Waals surface area contributed by atoms with E-state index in [4.69, 9.17) is 0 Å². The third kappa shape index (κ3) is 4.87. The van der Waals surface area contributed by atoms with Gasteiger partial charge >= 0.3 is 5.97 Å². The Morgan fingerprint density at radius 3 is 3.00 bits per heavy atom. The van der Waals surface area contributed by atoms with Crippen molar-refractivity contribution in [1.82, 2.24) is 14.5 Å². The van der Waals surface area contributed by atoms with Crippen molar-refractivity contribution < 1.29 is 9.53 Å². The third-order valence-electron chi connectivity index (χ3n) is 2.84. The highest BCUT2D eigenvalue weighted by molar-refractivity contribution is 5.69. The molecule has 0 aliphatic rings. The minimum atomic E-state index is -0.139. The van der Waals surface area contributed by atoms with Crippen LogP contribution in [0.5, 0.6) is 0 Å². The lowest BCUT2D eigenvalue weighted by Crippen LogP contribution is -2.21. The van der Waals surface area contributed by atoms with Crippen molar-refractivity contribution in [2.75, 3.05) is 20.7 Å². The Hall–Kier alpha value is -1.36. The van der Waals surface area contributed by atoms with E-state index in [-0.39, 0.29) is 5.97 Å². The third-order valence-corrected chi connectivity index (χ3v) is 2.84. The number of aromatic nitrogens is 2. The normalized spacial score (nSPS) is 10.9. The molecule has 1 aromatic heterocycles. The summed E-state index contributed by atoms with van der Waals surface area (Å²) in [6.45, 7) is 4.91. The lowest BCUT2D eigenvalue weighted by atomic mass is 10.3. The fourth-order valence-corrected chi connectivity index (χ4v) is 1.87. The molecule has 18 heavy (non-hydrogen) atoms. The summed E-state index contributed by atoms with van der Waals surface area (Å²) in [5.74, 6) is -0.139. The molecule has 1 heterocycles. The van der Waals surface area contributed by atoms with Crippen molar-refractivity contribution in [3.05, 3.63) is 18.2 Å². The summed E-state index contributed by atoms with van der Waals surface area (Å²) in [7, 11) is 3.48. The summed E-state index contributed by atoms with van der Waals surface area (Å²) in [4.78, 5) is 17.4. The van der Waals surface area contributed by atoms with Crippen LogP contribution >= 0.6 is 0 Å². The van der Waals surface area contributed by atoms with E-state index >= 15 is 0 Å². The van der Waals surface area contributed by atoms with E-state index in [0.29, 0.717) is 6.42 Å². The highest BCUT2D eigenvalue weighted by Gasteiger charge is 2.06. The van der Waals surface area contributed by atoms with Gasteiger partial charge in [-0.1, -0.05) is 6.92 Å². The molecular formula is C13H23N3O2. The van der Waals surface area contributed by atoms with Gasteiger partial charge in [0.2, 0.25) is 0 Å². The maximum Gasteiger partial charge on any atom is 0.305 e. The van der Waals surface area contributed by atoms with Gasteiger partial charge in [-0.2, -0.15) is 0 Å². The summed E-state index contributed by atoms with van der Waals surface area (Å²) in [5, 5.41) is 0. The molecule has 0 spiro atoms. The molecule has 0 bridgehead atoms. The number of carbonyl (C=O) groups is 1. The Bertz CT molecular complexity index is 363. The van der Waals surface area contributed by atoms with Crippen molar-refractivity contribution >= 4 is 5.97 Å². The predicted molar refractivity (Wildman–Crippen MR) is 70.1 cm³/mol. The topological polar surface area (TPSA) is 47.4 Å². The van der Waals surface area contributed by atoms with Crippen LogP contribution in [0.25, 0.3) is 0 Å². The number of hydrogen-bond acceptors (Lipinski definition) is 4. The van der Waals surface area contributed by atoms with E-state index in [0.717, 1.165) is 32.5 Å². The number of ether oxygens (including phenoxy) is 1. The lowest BCUT2D eigenvalue weighted by molar-refractivity contribution is -0.140.